The predicted octanol–water partition coefficient (Wildman–Crippen LogP) is 0.711. The monoisotopic (exact) mass is 186 g/mol. The Bertz CT molecular complexity index is 165. The topological polar surface area (TPSA) is 52.6 Å². The molecule has 0 amide bonds. The van der Waals surface area contributed by atoms with Crippen LogP contribution >= 0.6 is 0 Å². The van der Waals surface area contributed by atoms with Gasteiger partial charge in [0, 0.05) is 12.7 Å². The fourth-order valence-electron chi connectivity index (χ4n) is 0.669. The highest BCUT2D eigenvalue weighted by molar-refractivity contribution is 5.81. The van der Waals surface area contributed by atoms with Crippen molar-refractivity contribution in [2.75, 3.05) is 19.8 Å². The van der Waals surface area contributed by atoms with E-state index in [0.717, 1.165) is 18.9 Å². The van der Waals surface area contributed by atoms with Crippen LogP contribution in [0.5, 0.6) is 0 Å². The molecule has 0 aromatic heterocycles. The minimum absolute atomic E-state index is 0.131. The van der Waals surface area contributed by atoms with Gasteiger partial charge in [-0.3, -0.25) is 0 Å². The van der Waals surface area contributed by atoms with Crippen LogP contribution in [0.25, 0.3) is 0 Å². The van der Waals surface area contributed by atoms with Crippen molar-refractivity contribution >= 4 is 12.3 Å². The van der Waals surface area contributed by atoms with Gasteiger partial charge in [-0.1, -0.05) is 6.58 Å². The maximum Gasteiger partial charge on any atom is 0.330 e. The first kappa shape index (κ1) is 11.8. The van der Waals surface area contributed by atoms with Crippen LogP contribution in [-0.2, 0) is 19.1 Å². The summed E-state index contributed by atoms with van der Waals surface area (Å²) in [6.45, 7) is 4.28. The first-order valence-corrected chi connectivity index (χ1v) is 4.12. The fourth-order valence-corrected chi connectivity index (χ4v) is 0.669. The molecule has 4 nitrogen and oxygen atoms in total. The summed E-state index contributed by atoms with van der Waals surface area (Å²) in [6, 6.07) is 0. The van der Waals surface area contributed by atoms with E-state index >= 15 is 0 Å². The maximum atomic E-state index is 10.5. The van der Waals surface area contributed by atoms with Crippen LogP contribution in [0.15, 0.2) is 12.7 Å². The van der Waals surface area contributed by atoms with Gasteiger partial charge in [-0.15, -0.1) is 0 Å². The molecule has 0 aromatic carbocycles. The van der Waals surface area contributed by atoms with E-state index in [1.54, 1.807) is 0 Å². The molecule has 0 aliphatic rings. The number of rotatable bonds is 8. The normalized spacial score (nSPS) is 9.23. The number of carbonyl (C=O) groups excluding carboxylic acids is 2. The lowest BCUT2D eigenvalue weighted by Crippen LogP contribution is -2.04. The minimum Gasteiger partial charge on any atom is -0.463 e. The molecule has 0 fully saturated rings. The standard InChI is InChI=1S/C9H14O4/c1-2-9(11)13-7-4-3-6-12-8-5-10/h2,5H,1,3-4,6-8H2. The Morgan fingerprint density at radius 3 is 2.62 bits per heavy atom. The number of hydrogen-bond donors (Lipinski definition) is 0. The molecular formula is C9H14O4. The fraction of sp³-hybridized carbons (Fsp3) is 0.556. The third-order valence-corrected chi connectivity index (χ3v) is 1.28. The Labute approximate surface area is 77.5 Å². The largest absolute Gasteiger partial charge is 0.463 e. The average molecular weight is 186 g/mol. The van der Waals surface area contributed by atoms with Gasteiger partial charge < -0.3 is 14.3 Å². The molecule has 0 saturated carbocycles. The van der Waals surface area contributed by atoms with Crippen molar-refractivity contribution in [3.8, 4) is 0 Å². The Hall–Kier alpha value is -1.16. The summed E-state index contributed by atoms with van der Waals surface area (Å²) in [5.74, 6) is -0.409. The van der Waals surface area contributed by atoms with Gasteiger partial charge in [0.2, 0.25) is 0 Å². The van der Waals surface area contributed by atoms with Crippen molar-refractivity contribution in [3.05, 3.63) is 12.7 Å². The highest BCUT2D eigenvalue weighted by atomic mass is 16.5. The van der Waals surface area contributed by atoms with Gasteiger partial charge in [0.05, 0.1) is 6.61 Å². The maximum absolute atomic E-state index is 10.5. The second-order valence-corrected chi connectivity index (χ2v) is 2.32. The lowest BCUT2D eigenvalue weighted by atomic mass is 10.3. The number of esters is 1. The van der Waals surface area contributed by atoms with Crippen LogP contribution in [0.1, 0.15) is 12.8 Å². The summed E-state index contributed by atoms with van der Waals surface area (Å²) in [6.07, 6.45) is 3.34. The summed E-state index contributed by atoms with van der Waals surface area (Å²) in [5.41, 5.74) is 0. The predicted molar refractivity (Wildman–Crippen MR) is 47.3 cm³/mol. The molecule has 0 bridgehead atoms. The van der Waals surface area contributed by atoms with Crippen molar-refractivity contribution in [3.63, 3.8) is 0 Å². The molecule has 0 radical (unpaired) electrons. The van der Waals surface area contributed by atoms with Crippen molar-refractivity contribution in [2.24, 2.45) is 0 Å². The molecule has 0 aromatic rings. The Kier molecular flexibility index (Phi) is 8.14. The number of ether oxygens (including phenoxy) is 2. The summed E-state index contributed by atoms with van der Waals surface area (Å²) in [7, 11) is 0. The first-order chi connectivity index (χ1) is 6.31. The first-order valence-electron chi connectivity index (χ1n) is 4.12. The second-order valence-electron chi connectivity index (χ2n) is 2.32. The lowest BCUT2D eigenvalue weighted by Gasteiger charge is -2.01. The van der Waals surface area contributed by atoms with E-state index in [4.69, 9.17) is 9.47 Å². The smallest absolute Gasteiger partial charge is 0.330 e. The van der Waals surface area contributed by atoms with Gasteiger partial charge in [0.1, 0.15) is 12.9 Å². The van der Waals surface area contributed by atoms with E-state index in [-0.39, 0.29) is 6.61 Å². The molecule has 0 spiro atoms. The highest BCUT2D eigenvalue weighted by Gasteiger charge is 1.94. The van der Waals surface area contributed by atoms with Crippen LogP contribution < -0.4 is 0 Å². The molecule has 0 heterocycles. The molecular weight excluding hydrogens is 172 g/mol. The van der Waals surface area contributed by atoms with Crippen molar-refractivity contribution < 1.29 is 19.1 Å². The van der Waals surface area contributed by atoms with E-state index < -0.39 is 5.97 Å². The van der Waals surface area contributed by atoms with E-state index in [1.165, 1.54) is 0 Å². The Morgan fingerprint density at radius 1 is 1.31 bits per heavy atom. The van der Waals surface area contributed by atoms with Crippen LogP contribution in [0.3, 0.4) is 0 Å². The van der Waals surface area contributed by atoms with Gasteiger partial charge in [-0.25, -0.2) is 4.79 Å². The second kappa shape index (κ2) is 8.93. The minimum atomic E-state index is -0.409. The third kappa shape index (κ3) is 8.75. The summed E-state index contributed by atoms with van der Waals surface area (Å²) < 4.78 is 9.60. The highest BCUT2D eigenvalue weighted by Crippen LogP contribution is 1.91. The molecule has 0 saturated heterocycles. The zero-order valence-corrected chi connectivity index (χ0v) is 7.53. The number of unbranched alkanes of at least 4 members (excludes halogenated alkanes) is 1. The van der Waals surface area contributed by atoms with E-state index in [0.29, 0.717) is 19.5 Å². The summed E-state index contributed by atoms with van der Waals surface area (Å²) >= 11 is 0. The van der Waals surface area contributed by atoms with Gasteiger partial charge in [0.15, 0.2) is 0 Å². The van der Waals surface area contributed by atoms with Crippen LogP contribution in [0.4, 0.5) is 0 Å². The van der Waals surface area contributed by atoms with Crippen LogP contribution in [0, 0.1) is 0 Å². The number of aldehydes is 1. The van der Waals surface area contributed by atoms with E-state index in [9.17, 15) is 9.59 Å². The SMILES string of the molecule is C=CC(=O)OCCCCOCC=O. The van der Waals surface area contributed by atoms with Gasteiger partial charge in [-0.2, -0.15) is 0 Å². The van der Waals surface area contributed by atoms with E-state index in [1.807, 2.05) is 0 Å². The Balaban J connectivity index is 3.03. The quantitative estimate of drug-likeness (QED) is 0.242. The third-order valence-electron chi connectivity index (χ3n) is 1.28. The van der Waals surface area contributed by atoms with Gasteiger partial charge in [0.25, 0.3) is 0 Å². The molecule has 0 rings (SSSR count). The molecule has 4 heteroatoms. The molecule has 74 valence electrons. The van der Waals surface area contributed by atoms with Crippen LogP contribution in [0.2, 0.25) is 0 Å². The van der Waals surface area contributed by atoms with Crippen LogP contribution in [-0.4, -0.2) is 32.1 Å². The summed E-state index contributed by atoms with van der Waals surface area (Å²) in [4.78, 5) is 20.3. The van der Waals surface area contributed by atoms with Crippen molar-refractivity contribution in [1.82, 2.24) is 0 Å². The summed E-state index contributed by atoms with van der Waals surface area (Å²) in [5, 5.41) is 0. The number of carbonyl (C=O) groups is 2. The van der Waals surface area contributed by atoms with E-state index in [2.05, 4.69) is 6.58 Å². The molecule has 0 N–H and O–H groups in total. The molecule has 0 atom stereocenters. The zero-order chi connectivity index (χ0) is 9.94. The van der Waals surface area contributed by atoms with Gasteiger partial charge >= 0.3 is 5.97 Å². The molecule has 13 heavy (non-hydrogen) atoms. The number of hydrogen-bond acceptors (Lipinski definition) is 4. The molecule has 0 aliphatic carbocycles. The average Bonchev–Trinajstić information content (AvgIpc) is 2.16. The van der Waals surface area contributed by atoms with Gasteiger partial charge in [-0.05, 0) is 12.8 Å². The Morgan fingerprint density at radius 2 is 2.00 bits per heavy atom. The zero-order valence-electron chi connectivity index (χ0n) is 7.53. The lowest BCUT2D eigenvalue weighted by molar-refractivity contribution is -0.137. The molecule has 0 unspecified atom stereocenters. The van der Waals surface area contributed by atoms with Crippen molar-refractivity contribution in [1.29, 1.82) is 0 Å². The van der Waals surface area contributed by atoms with Crippen molar-refractivity contribution in [2.45, 2.75) is 12.8 Å². The molecule has 0 aliphatic heterocycles.